The van der Waals surface area contributed by atoms with Gasteiger partial charge in [-0.15, -0.1) is 0 Å². The standard InChI is InChI=1S/C16H27FO2/c1-2-3-12-4-6-13(7-5-12)16(18)19-15-10-8-14(17)9-11-15/h12-15H,2-11H2,1H3. The van der Waals surface area contributed by atoms with E-state index in [1.807, 2.05) is 0 Å². The third-order valence-corrected chi connectivity index (χ3v) is 4.76. The maximum absolute atomic E-state index is 13.0. The van der Waals surface area contributed by atoms with Crippen LogP contribution in [-0.4, -0.2) is 18.2 Å². The largest absolute Gasteiger partial charge is 0.462 e. The summed E-state index contributed by atoms with van der Waals surface area (Å²) >= 11 is 0. The second kappa shape index (κ2) is 7.25. The normalized spacial score (nSPS) is 35.9. The molecule has 2 saturated carbocycles. The van der Waals surface area contributed by atoms with Gasteiger partial charge in [0.25, 0.3) is 0 Å². The molecule has 0 saturated heterocycles. The number of carbonyl (C=O) groups excluding carboxylic acids is 1. The van der Waals surface area contributed by atoms with Crippen LogP contribution in [0.25, 0.3) is 0 Å². The number of carbonyl (C=O) groups is 1. The molecule has 0 aromatic carbocycles. The molecule has 2 nitrogen and oxygen atoms in total. The quantitative estimate of drug-likeness (QED) is 0.707. The van der Waals surface area contributed by atoms with E-state index >= 15 is 0 Å². The Balaban J connectivity index is 1.69. The summed E-state index contributed by atoms with van der Waals surface area (Å²) < 4.78 is 18.6. The Hall–Kier alpha value is -0.600. The van der Waals surface area contributed by atoms with Gasteiger partial charge in [0.15, 0.2) is 0 Å². The minimum absolute atomic E-state index is 0.0164. The maximum Gasteiger partial charge on any atom is 0.309 e. The zero-order valence-corrected chi connectivity index (χ0v) is 12.1. The van der Waals surface area contributed by atoms with E-state index in [9.17, 15) is 9.18 Å². The number of hydrogen-bond donors (Lipinski definition) is 0. The number of ether oxygens (including phenoxy) is 1. The first-order valence-electron chi connectivity index (χ1n) is 8.03. The first kappa shape index (κ1) is 14.8. The van der Waals surface area contributed by atoms with Crippen LogP contribution in [-0.2, 0) is 9.53 Å². The highest BCUT2D eigenvalue weighted by atomic mass is 19.1. The van der Waals surface area contributed by atoms with Gasteiger partial charge in [-0.2, -0.15) is 0 Å². The number of alkyl halides is 1. The first-order chi connectivity index (χ1) is 9.19. The Labute approximate surface area is 116 Å². The van der Waals surface area contributed by atoms with E-state index in [0.717, 1.165) is 18.8 Å². The van der Waals surface area contributed by atoms with Crippen LogP contribution in [0.15, 0.2) is 0 Å². The van der Waals surface area contributed by atoms with Gasteiger partial charge in [0, 0.05) is 0 Å². The highest BCUT2D eigenvalue weighted by molar-refractivity contribution is 5.72. The van der Waals surface area contributed by atoms with E-state index in [2.05, 4.69) is 6.92 Å². The van der Waals surface area contributed by atoms with E-state index < -0.39 is 6.17 Å². The summed E-state index contributed by atoms with van der Waals surface area (Å²) in [6.07, 6.45) is 8.68. The van der Waals surface area contributed by atoms with E-state index in [-0.39, 0.29) is 18.0 Å². The minimum atomic E-state index is -0.681. The Morgan fingerprint density at radius 1 is 1.05 bits per heavy atom. The second-order valence-corrected chi connectivity index (χ2v) is 6.32. The van der Waals surface area contributed by atoms with Crippen molar-refractivity contribution in [2.45, 2.75) is 83.4 Å². The van der Waals surface area contributed by atoms with Gasteiger partial charge in [0.05, 0.1) is 5.92 Å². The zero-order chi connectivity index (χ0) is 13.7. The van der Waals surface area contributed by atoms with Crippen LogP contribution in [0.3, 0.4) is 0 Å². The molecule has 2 fully saturated rings. The van der Waals surface area contributed by atoms with Crippen molar-refractivity contribution in [3.05, 3.63) is 0 Å². The van der Waals surface area contributed by atoms with Gasteiger partial charge in [-0.3, -0.25) is 4.79 Å². The Bertz CT molecular complexity index is 276. The molecule has 0 aromatic rings. The lowest BCUT2D eigenvalue weighted by Gasteiger charge is -2.30. The molecule has 3 heteroatoms. The van der Waals surface area contributed by atoms with Gasteiger partial charge < -0.3 is 4.74 Å². The molecule has 2 aliphatic carbocycles. The Kier molecular flexibility index (Phi) is 5.65. The molecule has 0 radical (unpaired) electrons. The number of hydrogen-bond acceptors (Lipinski definition) is 2. The molecular weight excluding hydrogens is 243 g/mol. The second-order valence-electron chi connectivity index (χ2n) is 6.32. The molecule has 0 amide bonds. The summed E-state index contributed by atoms with van der Waals surface area (Å²) in [6.45, 7) is 2.22. The predicted molar refractivity (Wildman–Crippen MR) is 73.6 cm³/mol. The van der Waals surface area contributed by atoms with E-state index in [0.29, 0.717) is 25.7 Å². The van der Waals surface area contributed by atoms with E-state index in [1.54, 1.807) is 0 Å². The molecule has 2 rings (SSSR count). The van der Waals surface area contributed by atoms with Crippen molar-refractivity contribution in [1.29, 1.82) is 0 Å². The van der Waals surface area contributed by atoms with Crippen molar-refractivity contribution in [2.75, 3.05) is 0 Å². The lowest BCUT2D eigenvalue weighted by atomic mass is 9.80. The molecule has 0 spiro atoms. The topological polar surface area (TPSA) is 26.3 Å². The smallest absolute Gasteiger partial charge is 0.309 e. The Morgan fingerprint density at radius 2 is 1.68 bits per heavy atom. The van der Waals surface area contributed by atoms with Gasteiger partial charge in [-0.25, -0.2) is 4.39 Å². The van der Waals surface area contributed by atoms with Crippen molar-refractivity contribution in [3.8, 4) is 0 Å². The molecule has 0 unspecified atom stereocenters. The van der Waals surface area contributed by atoms with Crippen LogP contribution in [0.4, 0.5) is 4.39 Å². The van der Waals surface area contributed by atoms with Gasteiger partial charge in [0.2, 0.25) is 0 Å². The van der Waals surface area contributed by atoms with Crippen molar-refractivity contribution in [3.63, 3.8) is 0 Å². The van der Waals surface area contributed by atoms with Crippen LogP contribution in [0.1, 0.15) is 71.1 Å². The maximum atomic E-state index is 13.0. The molecule has 0 N–H and O–H groups in total. The third-order valence-electron chi connectivity index (χ3n) is 4.76. The summed E-state index contributed by atoms with van der Waals surface area (Å²) in [7, 11) is 0. The summed E-state index contributed by atoms with van der Waals surface area (Å²) in [5.74, 6) is 0.907. The molecule has 0 aromatic heterocycles. The lowest BCUT2D eigenvalue weighted by molar-refractivity contribution is -0.157. The van der Waals surface area contributed by atoms with Crippen molar-refractivity contribution in [2.24, 2.45) is 11.8 Å². The zero-order valence-electron chi connectivity index (χ0n) is 12.1. The fourth-order valence-electron chi connectivity index (χ4n) is 3.50. The average molecular weight is 270 g/mol. The van der Waals surface area contributed by atoms with Crippen molar-refractivity contribution < 1.29 is 13.9 Å². The molecule has 19 heavy (non-hydrogen) atoms. The van der Waals surface area contributed by atoms with Crippen LogP contribution in [0.2, 0.25) is 0 Å². The highest BCUT2D eigenvalue weighted by Crippen LogP contribution is 2.33. The molecular formula is C16H27FO2. The molecule has 0 aliphatic heterocycles. The monoisotopic (exact) mass is 270 g/mol. The van der Waals surface area contributed by atoms with Crippen LogP contribution in [0, 0.1) is 11.8 Å². The number of halogens is 1. The predicted octanol–water partition coefficient (Wildman–Crippen LogP) is 4.42. The molecule has 0 heterocycles. The fraction of sp³-hybridized carbons (Fsp3) is 0.938. The van der Waals surface area contributed by atoms with Gasteiger partial charge in [0.1, 0.15) is 12.3 Å². The van der Waals surface area contributed by atoms with Gasteiger partial charge in [-0.05, 0) is 57.3 Å². The van der Waals surface area contributed by atoms with Gasteiger partial charge in [-0.1, -0.05) is 19.8 Å². The summed E-state index contributed by atoms with van der Waals surface area (Å²) in [5, 5.41) is 0. The van der Waals surface area contributed by atoms with Crippen LogP contribution >= 0.6 is 0 Å². The number of rotatable bonds is 4. The first-order valence-corrected chi connectivity index (χ1v) is 8.03. The average Bonchev–Trinajstić information content (AvgIpc) is 2.42. The van der Waals surface area contributed by atoms with E-state index in [1.165, 1.54) is 25.7 Å². The van der Waals surface area contributed by atoms with Crippen molar-refractivity contribution >= 4 is 5.97 Å². The van der Waals surface area contributed by atoms with Gasteiger partial charge >= 0.3 is 5.97 Å². The summed E-state index contributed by atoms with van der Waals surface area (Å²) in [4.78, 5) is 12.1. The molecule has 110 valence electrons. The number of esters is 1. The molecule has 0 atom stereocenters. The highest BCUT2D eigenvalue weighted by Gasteiger charge is 2.30. The van der Waals surface area contributed by atoms with E-state index in [4.69, 9.17) is 4.74 Å². The Morgan fingerprint density at radius 3 is 2.26 bits per heavy atom. The SMILES string of the molecule is CCCC1CCC(C(=O)OC2CCC(F)CC2)CC1. The lowest BCUT2D eigenvalue weighted by Crippen LogP contribution is -2.30. The van der Waals surface area contributed by atoms with Crippen molar-refractivity contribution in [1.82, 2.24) is 0 Å². The summed E-state index contributed by atoms with van der Waals surface area (Å²) in [6, 6.07) is 0. The fourth-order valence-corrected chi connectivity index (χ4v) is 3.50. The van der Waals surface area contributed by atoms with Crippen LogP contribution < -0.4 is 0 Å². The molecule has 0 bridgehead atoms. The van der Waals surface area contributed by atoms with Crippen LogP contribution in [0.5, 0.6) is 0 Å². The molecule has 2 aliphatic rings. The minimum Gasteiger partial charge on any atom is -0.462 e. The summed E-state index contributed by atoms with van der Waals surface area (Å²) in [5.41, 5.74) is 0. The third kappa shape index (κ3) is 4.47.